The van der Waals surface area contributed by atoms with Crippen molar-refractivity contribution < 1.29 is 9.32 Å². The molecule has 0 aliphatic carbocycles. The first-order valence-electron chi connectivity index (χ1n) is 7.93. The van der Waals surface area contributed by atoms with Crippen LogP contribution < -0.4 is 4.90 Å². The highest BCUT2D eigenvalue weighted by atomic mass is 35.5. The van der Waals surface area contributed by atoms with Crippen LogP contribution in [0.2, 0.25) is 5.02 Å². The van der Waals surface area contributed by atoms with Gasteiger partial charge in [0.05, 0.1) is 16.6 Å². The van der Waals surface area contributed by atoms with Crippen molar-refractivity contribution in [1.29, 1.82) is 0 Å². The molecule has 0 spiro atoms. The van der Waals surface area contributed by atoms with Gasteiger partial charge in [0.2, 0.25) is 17.6 Å². The maximum absolute atomic E-state index is 12.5. The van der Waals surface area contributed by atoms with Gasteiger partial charge < -0.3 is 9.42 Å². The Balaban J connectivity index is 1.60. The molecule has 3 aromatic rings. The number of pyridine rings is 1. The van der Waals surface area contributed by atoms with Gasteiger partial charge in [-0.05, 0) is 30.7 Å². The molecule has 2 aromatic heterocycles. The minimum absolute atomic E-state index is 0.00450. The fourth-order valence-electron chi connectivity index (χ4n) is 3.07. The van der Waals surface area contributed by atoms with Crippen LogP contribution in [-0.2, 0) is 4.79 Å². The monoisotopic (exact) mass is 354 g/mol. The number of halogens is 1. The van der Waals surface area contributed by atoms with E-state index in [-0.39, 0.29) is 11.8 Å². The van der Waals surface area contributed by atoms with Gasteiger partial charge in [-0.1, -0.05) is 28.9 Å². The van der Waals surface area contributed by atoms with Crippen LogP contribution in [0.3, 0.4) is 0 Å². The Kier molecular flexibility index (Phi) is 3.97. The van der Waals surface area contributed by atoms with E-state index in [4.69, 9.17) is 16.1 Å². The third-order valence-electron chi connectivity index (χ3n) is 4.31. The van der Waals surface area contributed by atoms with Crippen molar-refractivity contribution in [2.75, 3.05) is 11.4 Å². The van der Waals surface area contributed by atoms with Crippen molar-refractivity contribution in [3.05, 3.63) is 59.2 Å². The molecule has 0 saturated carbocycles. The SMILES string of the molecule is Cc1cccc(Cl)c1N1CC(c2nc(-c3ccncc3)no2)CC1=O. The van der Waals surface area contributed by atoms with Crippen molar-refractivity contribution >= 4 is 23.2 Å². The average molecular weight is 355 g/mol. The molecule has 1 aliphatic rings. The Bertz CT molecular complexity index is 906. The summed E-state index contributed by atoms with van der Waals surface area (Å²) >= 11 is 6.30. The molecular formula is C18H15ClN4O2. The highest BCUT2D eigenvalue weighted by Gasteiger charge is 2.36. The number of amides is 1. The number of para-hydroxylation sites is 1. The summed E-state index contributed by atoms with van der Waals surface area (Å²) < 4.78 is 5.40. The summed E-state index contributed by atoms with van der Waals surface area (Å²) in [6.45, 7) is 2.41. The predicted molar refractivity (Wildman–Crippen MR) is 93.4 cm³/mol. The normalized spacial score (nSPS) is 17.3. The van der Waals surface area contributed by atoms with E-state index in [1.165, 1.54) is 0 Å². The second-order valence-corrected chi connectivity index (χ2v) is 6.41. The maximum Gasteiger partial charge on any atom is 0.232 e. The van der Waals surface area contributed by atoms with Crippen LogP contribution in [0, 0.1) is 6.92 Å². The zero-order valence-electron chi connectivity index (χ0n) is 13.5. The Morgan fingerprint density at radius 3 is 2.80 bits per heavy atom. The van der Waals surface area contributed by atoms with Crippen LogP contribution in [0.25, 0.3) is 11.4 Å². The van der Waals surface area contributed by atoms with Crippen LogP contribution >= 0.6 is 11.6 Å². The summed E-state index contributed by atoms with van der Waals surface area (Å²) in [7, 11) is 0. The van der Waals surface area contributed by atoms with Gasteiger partial charge in [0.15, 0.2) is 0 Å². The lowest BCUT2D eigenvalue weighted by molar-refractivity contribution is -0.117. The summed E-state index contributed by atoms with van der Waals surface area (Å²) in [5.74, 6) is 0.820. The zero-order chi connectivity index (χ0) is 17.4. The lowest BCUT2D eigenvalue weighted by Crippen LogP contribution is -2.25. The molecule has 1 aliphatic heterocycles. The fraction of sp³-hybridized carbons (Fsp3) is 0.222. The maximum atomic E-state index is 12.5. The van der Waals surface area contributed by atoms with Gasteiger partial charge in [-0.25, -0.2) is 0 Å². The van der Waals surface area contributed by atoms with E-state index in [1.807, 2.05) is 31.2 Å². The van der Waals surface area contributed by atoms with E-state index in [1.54, 1.807) is 23.4 Å². The molecule has 1 fully saturated rings. The topological polar surface area (TPSA) is 72.1 Å². The average Bonchev–Trinajstić information content (AvgIpc) is 3.23. The van der Waals surface area contributed by atoms with Gasteiger partial charge in [0, 0.05) is 30.9 Å². The molecule has 25 heavy (non-hydrogen) atoms. The first-order valence-corrected chi connectivity index (χ1v) is 8.31. The summed E-state index contributed by atoms with van der Waals surface area (Å²) in [5, 5.41) is 4.59. The molecule has 126 valence electrons. The van der Waals surface area contributed by atoms with Crippen LogP contribution in [-0.4, -0.2) is 27.6 Å². The second kappa shape index (κ2) is 6.29. The fourth-order valence-corrected chi connectivity index (χ4v) is 3.40. The van der Waals surface area contributed by atoms with Crippen molar-refractivity contribution in [2.24, 2.45) is 0 Å². The number of aryl methyl sites for hydroxylation is 1. The van der Waals surface area contributed by atoms with Crippen molar-refractivity contribution in [2.45, 2.75) is 19.3 Å². The van der Waals surface area contributed by atoms with E-state index >= 15 is 0 Å². The summed E-state index contributed by atoms with van der Waals surface area (Å²) in [4.78, 5) is 22.6. The Morgan fingerprint density at radius 1 is 1.24 bits per heavy atom. The summed E-state index contributed by atoms with van der Waals surface area (Å²) in [6, 6.07) is 9.23. The van der Waals surface area contributed by atoms with Crippen LogP contribution in [0.1, 0.15) is 23.8 Å². The quantitative estimate of drug-likeness (QED) is 0.718. The Hall–Kier alpha value is -2.73. The number of carbonyl (C=O) groups is 1. The molecule has 7 heteroatoms. The first-order chi connectivity index (χ1) is 12.1. The Labute approximate surface area is 149 Å². The lowest BCUT2D eigenvalue weighted by Gasteiger charge is -2.20. The van der Waals surface area contributed by atoms with Crippen molar-refractivity contribution in [3.8, 4) is 11.4 Å². The van der Waals surface area contributed by atoms with Gasteiger partial charge in [0.25, 0.3) is 0 Å². The minimum Gasteiger partial charge on any atom is -0.339 e. The molecular weight excluding hydrogens is 340 g/mol. The number of aromatic nitrogens is 3. The first kappa shape index (κ1) is 15.8. The summed E-state index contributed by atoms with van der Waals surface area (Å²) in [6.07, 6.45) is 3.67. The molecule has 0 bridgehead atoms. The van der Waals surface area contributed by atoms with E-state index in [0.29, 0.717) is 29.7 Å². The second-order valence-electron chi connectivity index (χ2n) is 6.00. The van der Waals surface area contributed by atoms with E-state index in [0.717, 1.165) is 16.8 Å². The van der Waals surface area contributed by atoms with E-state index in [2.05, 4.69) is 15.1 Å². The van der Waals surface area contributed by atoms with Crippen molar-refractivity contribution in [3.63, 3.8) is 0 Å². The number of nitrogens with zero attached hydrogens (tertiary/aromatic N) is 4. The number of anilines is 1. The molecule has 6 nitrogen and oxygen atoms in total. The van der Waals surface area contributed by atoms with Crippen LogP contribution in [0.15, 0.2) is 47.2 Å². The molecule has 0 N–H and O–H groups in total. The molecule has 1 amide bonds. The standard InChI is InChI=1S/C18H15ClN4O2/c1-11-3-2-4-14(19)16(11)23-10-13(9-15(23)24)18-21-17(22-25-18)12-5-7-20-8-6-12/h2-8,13H,9-10H2,1H3. The highest BCUT2D eigenvalue weighted by molar-refractivity contribution is 6.34. The molecule has 0 radical (unpaired) electrons. The molecule has 3 heterocycles. The molecule has 1 aromatic carbocycles. The Morgan fingerprint density at radius 2 is 2.04 bits per heavy atom. The molecule has 4 rings (SSSR count). The third-order valence-corrected chi connectivity index (χ3v) is 4.62. The van der Waals surface area contributed by atoms with Gasteiger partial charge in [-0.2, -0.15) is 4.98 Å². The van der Waals surface area contributed by atoms with Gasteiger partial charge in [-0.3, -0.25) is 9.78 Å². The molecule has 1 atom stereocenters. The third kappa shape index (κ3) is 2.89. The highest BCUT2D eigenvalue weighted by Crippen LogP contribution is 2.37. The van der Waals surface area contributed by atoms with Crippen LogP contribution in [0.4, 0.5) is 5.69 Å². The predicted octanol–water partition coefficient (Wildman–Crippen LogP) is 3.61. The summed E-state index contributed by atoms with van der Waals surface area (Å²) in [5.41, 5.74) is 2.54. The number of carbonyl (C=O) groups excluding carboxylic acids is 1. The van der Waals surface area contributed by atoms with Crippen molar-refractivity contribution in [1.82, 2.24) is 15.1 Å². The smallest absolute Gasteiger partial charge is 0.232 e. The van der Waals surface area contributed by atoms with Gasteiger partial charge in [0.1, 0.15) is 0 Å². The lowest BCUT2D eigenvalue weighted by atomic mass is 10.1. The zero-order valence-corrected chi connectivity index (χ0v) is 14.3. The largest absolute Gasteiger partial charge is 0.339 e. The van der Waals surface area contributed by atoms with E-state index in [9.17, 15) is 4.79 Å². The minimum atomic E-state index is -0.147. The number of hydrogen-bond acceptors (Lipinski definition) is 5. The number of rotatable bonds is 3. The molecule has 1 saturated heterocycles. The molecule has 1 unspecified atom stereocenters. The number of hydrogen-bond donors (Lipinski definition) is 0. The van der Waals surface area contributed by atoms with E-state index < -0.39 is 0 Å². The van der Waals surface area contributed by atoms with Crippen LogP contribution in [0.5, 0.6) is 0 Å². The van der Waals surface area contributed by atoms with Gasteiger partial charge in [-0.15, -0.1) is 0 Å². The van der Waals surface area contributed by atoms with Gasteiger partial charge >= 0.3 is 0 Å². The number of benzene rings is 1.